The molecule has 0 unspecified atom stereocenters. The SMILES string of the molecule is C[C@]1(O)[C@@](C)(O)[C@H](O)O[C@@H](CO)[C@@]1(C)O. The fourth-order valence-electron chi connectivity index (χ4n) is 1.71. The molecule has 0 aromatic heterocycles. The van der Waals surface area contributed by atoms with Crippen molar-refractivity contribution in [2.45, 2.75) is 50.0 Å². The number of aliphatic hydroxyl groups excluding tert-OH is 2. The minimum Gasteiger partial charge on any atom is -0.394 e. The molecule has 0 spiro atoms. The third kappa shape index (κ3) is 1.49. The van der Waals surface area contributed by atoms with Gasteiger partial charge in [0.25, 0.3) is 0 Å². The summed E-state index contributed by atoms with van der Waals surface area (Å²) in [6.45, 7) is 2.99. The van der Waals surface area contributed by atoms with Crippen molar-refractivity contribution in [2.75, 3.05) is 6.61 Å². The minimum absolute atomic E-state index is 0.573. The lowest BCUT2D eigenvalue weighted by molar-refractivity contribution is -0.382. The van der Waals surface area contributed by atoms with Crippen LogP contribution in [0.4, 0.5) is 0 Å². The van der Waals surface area contributed by atoms with Crippen molar-refractivity contribution < 1.29 is 30.3 Å². The molecule has 0 aromatic rings. The van der Waals surface area contributed by atoms with Crippen LogP contribution in [-0.4, -0.2) is 61.3 Å². The van der Waals surface area contributed by atoms with Crippen molar-refractivity contribution >= 4 is 0 Å². The first-order valence-electron chi connectivity index (χ1n) is 4.70. The average Bonchev–Trinajstić information content (AvgIpc) is 2.10. The molecule has 6 heteroatoms. The van der Waals surface area contributed by atoms with Gasteiger partial charge in [0.05, 0.1) is 6.61 Å². The first-order valence-corrected chi connectivity index (χ1v) is 4.70. The van der Waals surface area contributed by atoms with Crippen LogP contribution in [0.5, 0.6) is 0 Å². The normalized spacial score (nSPS) is 56.8. The zero-order valence-electron chi connectivity index (χ0n) is 9.01. The first-order chi connectivity index (χ1) is 6.59. The lowest BCUT2D eigenvalue weighted by atomic mass is 9.68. The molecule has 0 aromatic carbocycles. The Morgan fingerprint density at radius 2 is 1.53 bits per heavy atom. The Hall–Kier alpha value is -0.240. The van der Waals surface area contributed by atoms with E-state index in [1.54, 1.807) is 0 Å². The number of hydrogen-bond acceptors (Lipinski definition) is 6. The van der Waals surface area contributed by atoms with Gasteiger partial charge in [-0.05, 0) is 20.8 Å². The number of aliphatic hydroxyl groups is 5. The fourth-order valence-corrected chi connectivity index (χ4v) is 1.71. The molecule has 1 heterocycles. The molecule has 1 saturated heterocycles. The van der Waals surface area contributed by atoms with Crippen LogP contribution in [0.25, 0.3) is 0 Å². The molecule has 90 valence electrons. The molecule has 15 heavy (non-hydrogen) atoms. The van der Waals surface area contributed by atoms with Crippen LogP contribution < -0.4 is 0 Å². The summed E-state index contributed by atoms with van der Waals surface area (Å²) in [6, 6.07) is 0. The number of rotatable bonds is 1. The number of hydrogen-bond donors (Lipinski definition) is 5. The molecule has 0 aliphatic carbocycles. The third-order valence-corrected chi connectivity index (χ3v) is 3.54. The first kappa shape index (κ1) is 12.8. The van der Waals surface area contributed by atoms with E-state index >= 15 is 0 Å². The summed E-state index contributed by atoms with van der Waals surface area (Å²) in [5, 5.41) is 48.3. The molecule has 1 aliphatic rings. The van der Waals surface area contributed by atoms with Gasteiger partial charge in [-0.25, -0.2) is 0 Å². The Labute approximate surface area is 87.7 Å². The van der Waals surface area contributed by atoms with Gasteiger partial charge in [0.2, 0.25) is 0 Å². The molecule has 1 rings (SSSR count). The van der Waals surface area contributed by atoms with E-state index < -0.39 is 35.8 Å². The second kappa shape index (κ2) is 3.38. The number of ether oxygens (including phenoxy) is 1. The molecular weight excluding hydrogens is 204 g/mol. The van der Waals surface area contributed by atoms with E-state index in [0.29, 0.717) is 0 Å². The van der Waals surface area contributed by atoms with Gasteiger partial charge in [-0.1, -0.05) is 0 Å². The molecule has 0 radical (unpaired) electrons. The quantitative estimate of drug-likeness (QED) is 0.349. The van der Waals surface area contributed by atoms with Gasteiger partial charge >= 0.3 is 0 Å². The second-order valence-corrected chi connectivity index (χ2v) is 4.53. The summed E-state index contributed by atoms with van der Waals surface area (Å²) >= 11 is 0. The summed E-state index contributed by atoms with van der Waals surface area (Å²) in [4.78, 5) is 0. The van der Waals surface area contributed by atoms with E-state index in [2.05, 4.69) is 0 Å². The Kier molecular flexibility index (Phi) is 2.89. The van der Waals surface area contributed by atoms with Crippen LogP contribution >= 0.6 is 0 Å². The van der Waals surface area contributed by atoms with Gasteiger partial charge in [0, 0.05) is 0 Å². The molecule has 5 N–H and O–H groups in total. The van der Waals surface area contributed by atoms with Crippen molar-refractivity contribution in [3.05, 3.63) is 0 Å². The Bertz CT molecular complexity index is 247. The van der Waals surface area contributed by atoms with Crippen molar-refractivity contribution in [3.8, 4) is 0 Å². The van der Waals surface area contributed by atoms with Gasteiger partial charge in [-0.3, -0.25) is 0 Å². The smallest absolute Gasteiger partial charge is 0.187 e. The summed E-state index contributed by atoms with van der Waals surface area (Å²) < 4.78 is 4.85. The van der Waals surface area contributed by atoms with Crippen molar-refractivity contribution in [2.24, 2.45) is 0 Å². The summed E-state index contributed by atoms with van der Waals surface area (Å²) in [7, 11) is 0. The van der Waals surface area contributed by atoms with Gasteiger partial charge < -0.3 is 30.3 Å². The lowest BCUT2D eigenvalue weighted by Gasteiger charge is -2.56. The van der Waals surface area contributed by atoms with Gasteiger partial charge in [0.15, 0.2) is 6.29 Å². The van der Waals surface area contributed by atoms with Crippen LogP contribution in [0, 0.1) is 0 Å². The Morgan fingerprint density at radius 3 is 1.93 bits per heavy atom. The standard InChI is InChI=1S/C9H18O6/c1-7(12)5(4-10)15-6(11)8(2,13)9(7,3)14/h5-6,10-14H,4H2,1-3H3/t5-,6+,7+,8-,9+/m0/s1. The lowest BCUT2D eigenvalue weighted by Crippen LogP contribution is -2.77. The van der Waals surface area contributed by atoms with Crippen LogP contribution in [0.1, 0.15) is 20.8 Å². The highest BCUT2D eigenvalue weighted by atomic mass is 16.6. The molecule has 0 bridgehead atoms. The maximum atomic E-state index is 10.1. The van der Waals surface area contributed by atoms with E-state index in [9.17, 15) is 20.4 Å². The Morgan fingerprint density at radius 1 is 1.07 bits per heavy atom. The van der Waals surface area contributed by atoms with Crippen LogP contribution in [0.2, 0.25) is 0 Å². The van der Waals surface area contributed by atoms with Crippen molar-refractivity contribution in [3.63, 3.8) is 0 Å². The largest absolute Gasteiger partial charge is 0.394 e. The van der Waals surface area contributed by atoms with E-state index in [1.807, 2.05) is 0 Å². The predicted octanol–water partition coefficient (Wildman–Crippen LogP) is -2.05. The minimum atomic E-state index is -2.03. The second-order valence-electron chi connectivity index (χ2n) is 4.53. The molecule has 1 fully saturated rings. The van der Waals surface area contributed by atoms with Crippen molar-refractivity contribution in [1.29, 1.82) is 0 Å². The molecular formula is C9H18O6. The highest BCUT2D eigenvalue weighted by Crippen LogP contribution is 2.43. The highest BCUT2D eigenvalue weighted by Gasteiger charge is 2.65. The topological polar surface area (TPSA) is 110 Å². The average molecular weight is 222 g/mol. The Balaban J connectivity index is 3.16. The fraction of sp³-hybridized carbons (Fsp3) is 1.00. The molecule has 6 nitrogen and oxygen atoms in total. The van der Waals surface area contributed by atoms with E-state index in [4.69, 9.17) is 9.84 Å². The van der Waals surface area contributed by atoms with Gasteiger partial charge in [-0.15, -0.1) is 0 Å². The monoisotopic (exact) mass is 222 g/mol. The summed E-state index contributed by atoms with van der Waals surface area (Å²) in [5.41, 5.74) is -5.91. The van der Waals surface area contributed by atoms with Crippen molar-refractivity contribution in [1.82, 2.24) is 0 Å². The van der Waals surface area contributed by atoms with Gasteiger partial charge in [0.1, 0.15) is 22.9 Å². The highest BCUT2D eigenvalue weighted by molar-refractivity contribution is 5.13. The molecule has 0 amide bonds. The van der Waals surface area contributed by atoms with E-state index in [0.717, 1.165) is 6.92 Å². The summed E-state index contributed by atoms with van der Waals surface area (Å²) in [5.74, 6) is 0. The van der Waals surface area contributed by atoms with Crippen LogP contribution in [0.3, 0.4) is 0 Å². The van der Waals surface area contributed by atoms with E-state index in [1.165, 1.54) is 13.8 Å². The zero-order chi connectivity index (χ0) is 12.1. The van der Waals surface area contributed by atoms with Crippen LogP contribution in [0.15, 0.2) is 0 Å². The van der Waals surface area contributed by atoms with Crippen LogP contribution in [-0.2, 0) is 4.74 Å². The molecule has 0 saturated carbocycles. The summed E-state index contributed by atoms with van der Waals surface area (Å²) in [6.07, 6.45) is -2.84. The maximum absolute atomic E-state index is 10.1. The third-order valence-electron chi connectivity index (χ3n) is 3.54. The predicted molar refractivity (Wildman–Crippen MR) is 49.8 cm³/mol. The zero-order valence-corrected chi connectivity index (χ0v) is 9.01. The molecule has 1 aliphatic heterocycles. The molecule has 5 atom stereocenters. The van der Waals surface area contributed by atoms with E-state index in [-0.39, 0.29) is 0 Å². The van der Waals surface area contributed by atoms with Gasteiger partial charge in [-0.2, -0.15) is 0 Å². The maximum Gasteiger partial charge on any atom is 0.187 e.